The summed E-state index contributed by atoms with van der Waals surface area (Å²) >= 11 is 6.15. The molecule has 0 radical (unpaired) electrons. The van der Waals surface area contributed by atoms with Gasteiger partial charge >= 0.3 is 10.2 Å². The van der Waals surface area contributed by atoms with Gasteiger partial charge in [0.1, 0.15) is 17.3 Å². The molecule has 3 heterocycles. The van der Waals surface area contributed by atoms with Gasteiger partial charge in [0.2, 0.25) is 0 Å². The van der Waals surface area contributed by atoms with Crippen LogP contribution >= 0.6 is 11.6 Å². The third kappa shape index (κ3) is 5.18. The van der Waals surface area contributed by atoms with Gasteiger partial charge in [0.05, 0.1) is 19.9 Å². The van der Waals surface area contributed by atoms with Gasteiger partial charge < -0.3 is 9.47 Å². The molecule has 202 valence electrons. The molecule has 2 aromatic carbocycles. The van der Waals surface area contributed by atoms with Crippen LogP contribution in [0.25, 0.3) is 16.8 Å². The monoisotopic (exact) mass is 571 g/mol. The quantitative estimate of drug-likeness (QED) is 0.358. The van der Waals surface area contributed by atoms with E-state index in [1.807, 2.05) is 0 Å². The van der Waals surface area contributed by atoms with E-state index in [-0.39, 0.29) is 42.3 Å². The third-order valence-electron chi connectivity index (χ3n) is 6.34. The Morgan fingerprint density at radius 1 is 1.03 bits per heavy atom. The first-order chi connectivity index (χ1) is 18.7. The van der Waals surface area contributed by atoms with Gasteiger partial charge in [0.15, 0.2) is 5.82 Å². The Bertz CT molecular complexity index is 1720. The Kier molecular flexibility index (Phi) is 7.25. The molecule has 1 aliphatic rings. The average Bonchev–Trinajstić information content (AvgIpc) is 2.93. The maximum Gasteiger partial charge on any atom is 0.303 e. The number of hydrogen-bond acceptors (Lipinski definition) is 7. The Labute approximate surface area is 228 Å². The lowest BCUT2D eigenvalue weighted by Crippen LogP contribution is -2.41. The van der Waals surface area contributed by atoms with Gasteiger partial charge in [-0.1, -0.05) is 17.7 Å². The van der Waals surface area contributed by atoms with Gasteiger partial charge in [-0.05, 0) is 42.0 Å². The summed E-state index contributed by atoms with van der Waals surface area (Å²) in [5, 5.41) is 7.84. The normalized spacial score (nSPS) is 13.5. The molecule has 0 saturated heterocycles. The van der Waals surface area contributed by atoms with Gasteiger partial charge in [-0.25, -0.2) is 4.39 Å². The highest BCUT2D eigenvalue weighted by atomic mass is 35.5. The lowest BCUT2D eigenvalue weighted by Gasteiger charge is -2.30. The van der Waals surface area contributed by atoms with E-state index in [0.717, 1.165) is 0 Å². The van der Waals surface area contributed by atoms with Crippen LogP contribution in [0.1, 0.15) is 11.3 Å². The standard InChI is InChI=1S/C26H23ClFN5O5S/c1-37-23-7-6-17(27)12-19(23)18-13-24(38-2)22(14-20(18)28)33-21-9-11-32(15-16(21)5-8-26(33)34)39(35,36)31-25-4-3-10-29-30-25/h3-8,10,12-14H,9,11,15H2,1-2H3,(H,30,31). The Morgan fingerprint density at radius 3 is 2.54 bits per heavy atom. The van der Waals surface area contributed by atoms with Crippen molar-refractivity contribution in [2.24, 2.45) is 0 Å². The molecule has 5 rings (SSSR count). The molecule has 0 atom stereocenters. The zero-order chi connectivity index (χ0) is 27.7. The fraction of sp³-hybridized carbons (Fsp3) is 0.192. The van der Waals surface area contributed by atoms with Crippen LogP contribution in [0.15, 0.2) is 65.6 Å². The molecule has 0 unspecified atom stereocenters. The van der Waals surface area contributed by atoms with Crippen molar-refractivity contribution in [1.29, 1.82) is 0 Å². The zero-order valence-corrected chi connectivity index (χ0v) is 22.5. The summed E-state index contributed by atoms with van der Waals surface area (Å²) in [6, 6.07) is 13.5. The van der Waals surface area contributed by atoms with Gasteiger partial charge in [0.25, 0.3) is 5.56 Å². The molecule has 4 aromatic rings. The van der Waals surface area contributed by atoms with Crippen LogP contribution in [0.4, 0.5) is 10.2 Å². The van der Waals surface area contributed by atoms with Crippen LogP contribution < -0.4 is 19.8 Å². The van der Waals surface area contributed by atoms with Crippen LogP contribution in [-0.4, -0.2) is 48.3 Å². The smallest absolute Gasteiger partial charge is 0.303 e. The van der Waals surface area contributed by atoms with Gasteiger partial charge in [-0.3, -0.25) is 14.1 Å². The van der Waals surface area contributed by atoms with Gasteiger partial charge in [0, 0.05) is 59.7 Å². The molecule has 10 nitrogen and oxygen atoms in total. The highest BCUT2D eigenvalue weighted by Gasteiger charge is 2.30. The predicted octanol–water partition coefficient (Wildman–Crippen LogP) is 3.82. The van der Waals surface area contributed by atoms with Crippen molar-refractivity contribution in [2.75, 3.05) is 25.5 Å². The summed E-state index contributed by atoms with van der Waals surface area (Å²) in [4.78, 5) is 13.1. The van der Waals surface area contributed by atoms with E-state index in [0.29, 0.717) is 27.6 Å². The molecular formula is C26H23ClFN5O5S. The van der Waals surface area contributed by atoms with E-state index >= 15 is 4.39 Å². The Hall–Kier alpha value is -4.00. The highest BCUT2D eigenvalue weighted by molar-refractivity contribution is 7.90. The first kappa shape index (κ1) is 26.6. The maximum atomic E-state index is 15.6. The van der Waals surface area contributed by atoms with Crippen LogP contribution in [0.3, 0.4) is 0 Å². The number of benzene rings is 2. The lowest BCUT2D eigenvalue weighted by atomic mass is 10.0. The molecule has 13 heteroatoms. The van der Waals surface area contributed by atoms with Crippen LogP contribution in [0.2, 0.25) is 5.02 Å². The molecule has 2 aromatic heterocycles. The zero-order valence-electron chi connectivity index (χ0n) is 20.9. The third-order valence-corrected chi connectivity index (χ3v) is 8.03. The predicted molar refractivity (Wildman–Crippen MR) is 144 cm³/mol. The number of nitrogens with zero attached hydrogens (tertiary/aromatic N) is 4. The lowest BCUT2D eigenvalue weighted by molar-refractivity contribution is 0.385. The number of hydrogen-bond donors (Lipinski definition) is 1. The number of nitrogens with one attached hydrogen (secondary N) is 1. The van der Waals surface area contributed by atoms with Crippen LogP contribution in [0.5, 0.6) is 11.5 Å². The van der Waals surface area contributed by atoms with Crippen LogP contribution in [-0.2, 0) is 23.2 Å². The average molecular weight is 572 g/mol. The first-order valence-corrected chi connectivity index (χ1v) is 13.5. The largest absolute Gasteiger partial charge is 0.496 e. The van der Waals surface area contributed by atoms with E-state index in [9.17, 15) is 13.2 Å². The number of ether oxygens (including phenoxy) is 2. The van der Waals surface area contributed by atoms with Crippen molar-refractivity contribution in [1.82, 2.24) is 19.1 Å². The topological polar surface area (TPSA) is 116 Å². The second kappa shape index (κ2) is 10.6. The summed E-state index contributed by atoms with van der Waals surface area (Å²) in [5.41, 5.74) is 1.53. The number of aromatic nitrogens is 3. The van der Waals surface area contributed by atoms with Crippen molar-refractivity contribution in [3.8, 4) is 28.3 Å². The Balaban J connectivity index is 1.55. The number of pyridine rings is 1. The summed E-state index contributed by atoms with van der Waals surface area (Å²) < 4.78 is 57.5. The van der Waals surface area contributed by atoms with Crippen molar-refractivity contribution < 1.29 is 22.3 Å². The van der Waals surface area contributed by atoms with Crippen molar-refractivity contribution in [2.45, 2.75) is 13.0 Å². The molecule has 0 fully saturated rings. The SMILES string of the molecule is COc1ccc(Cl)cc1-c1cc(OC)c(-n2c3c(ccc2=O)CN(S(=O)(=O)Nc2cccnn2)CC3)cc1F. The summed E-state index contributed by atoms with van der Waals surface area (Å²) in [6.07, 6.45) is 1.63. The van der Waals surface area contributed by atoms with E-state index in [4.69, 9.17) is 21.1 Å². The van der Waals surface area contributed by atoms with Crippen molar-refractivity contribution in [3.05, 3.63) is 93.2 Å². The fourth-order valence-electron chi connectivity index (χ4n) is 4.54. The summed E-state index contributed by atoms with van der Waals surface area (Å²) in [6.45, 7) is 0.0719. The fourth-order valence-corrected chi connectivity index (χ4v) is 5.85. The van der Waals surface area contributed by atoms with Gasteiger partial charge in [-0.15, -0.1) is 5.10 Å². The number of rotatable bonds is 7. The van der Waals surface area contributed by atoms with Crippen molar-refractivity contribution in [3.63, 3.8) is 0 Å². The number of fused-ring (bicyclic) bond motifs is 1. The summed E-state index contributed by atoms with van der Waals surface area (Å²) in [7, 11) is -1.06. The number of anilines is 1. The maximum absolute atomic E-state index is 15.6. The second-order valence-electron chi connectivity index (χ2n) is 8.63. The second-order valence-corrected chi connectivity index (χ2v) is 10.7. The van der Waals surface area contributed by atoms with Crippen LogP contribution in [0, 0.1) is 5.82 Å². The molecule has 0 aliphatic carbocycles. The summed E-state index contributed by atoms with van der Waals surface area (Å²) in [5.74, 6) is 0.121. The van der Waals surface area contributed by atoms with Gasteiger partial charge in [-0.2, -0.15) is 17.8 Å². The minimum absolute atomic E-state index is 0.00615. The molecule has 0 amide bonds. The van der Waals surface area contributed by atoms with E-state index in [2.05, 4.69) is 14.9 Å². The van der Waals surface area contributed by atoms with E-state index in [1.54, 1.807) is 30.3 Å². The molecule has 1 aliphatic heterocycles. The van der Waals surface area contributed by atoms with E-state index < -0.39 is 21.6 Å². The molecule has 1 N–H and O–H groups in total. The highest BCUT2D eigenvalue weighted by Crippen LogP contribution is 2.38. The molecule has 0 spiro atoms. The molecule has 0 saturated carbocycles. The molecule has 0 bridgehead atoms. The Morgan fingerprint density at radius 2 is 1.82 bits per heavy atom. The van der Waals surface area contributed by atoms with E-state index in [1.165, 1.54) is 53.6 Å². The first-order valence-electron chi connectivity index (χ1n) is 11.7. The minimum Gasteiger partial charge on any atom is -0.496 e. The minimum atomic E-state index is -3.95. The number of halogens is 2. The molecular weight excluding hydrogens is 549 g/mol. The number of methoxy groups -OCH3 is 2. The molecule has 39 heavy (non-hydrogen) atoms. The van der Waals surface area contributed by atoms with Crippen molar-refractivity contribution >= 4 is 27.6 Å².